The van der Waals surface area contributed by atoms with Gasteiger partial charge in [-0.05, 0) is 26.3 Å². The molecule has 8 heteroatoms. The zero-order valence-corrected chi connectivity index (χ0v) is 13.9. The average molecular weight is 316 g/mol. The number of H-pyrrole nitrogens is 1. The predicted octanol–water partition coefficient (Wildman–Crippen LogP) is 0.912. The largest absolute Gasteiger partial charge is 0.468 e. The van der Waals surface area contributed by atoms with Gasteiger partial charge in [0.15, 0.2) is 5.16 Å². The van der Waals surface area contributed by atoms with E-state index in [1.165, 1.54) is 23.4 Å². The second-order valence-electron chi connectivity index (χ2n) is 5.03. The number of carbonyl (C=O) groups excluding carboxylic acids is 1. The topological polar surface area (TPSA) is 89.0 Å². The molecule has 7 nitrogen and oxygen atoms in total. The van der Waals surface area contributed by atoms with Crippen molar-refractivity contribution in [1.29, 1.82) is 0 Å². The molecule has 120 valence electrons. The fourth-order valence-corrected chi connectivity index (χ4v) is 3.00. The molecule has 0 aliphatic carbocycles. The number of carbonyl (C=O) groups is 1. The maximum absolute atomic E-state index is 11.8. The Morgan fingerprint density at radius 3 is 2.76 bits per heavy atom. The molecule has 1 rings (SSSR count). The molecule has 1 heterocycles. The van der Waals surface area contributed by atoms with Crippen LogP contribution in [0.2, 0.25) is 0 Å². The molecule has 0 saturated carbocycles. The molecule has 21 heavy (non-hydrogen) atoms. The number of unbranched alkanes of at least 4 members (excludes halogenated alkanes) is 1. The maximum atomic E-state index is 11.8. The van der Waals surface area contributed by atoms with Gasteiger partial charge in [0.2, 0.25) is 0 Å². The summed E-state index contributed by atoms with van der Waals surface area (Å²) in [5, 5.41) is 10.2. The van der Waals surface area contributed by atoms with Gasteiger partial charge in [0, 0.05) is 12.8 Å². The molecule has 0 aliphatic heterocycles. The molecule has 0 radical (unpaired) electrons. The van der Waals surface area contributed by atoms with E-state index in [9.17, 15) is 9.59 Å². The highest BCUT2D eigenvalue weighted by molar-refractivity contribution is 7.99. The van der Waals surface area contributed by atoms with E-state index < -0.39 is 5.54 Å². The number of esters is 1. The van der Waals surface area contributed by atoms with Crippen LogP contribution in [-0.4, -0.2) is 45.7 Å². The average Bonchev–Trinajstić information content (AvgIpc) is 2.78. The Morgan fingerprint density at radius 1 is 1.52 bits per heavy atom. The highest BCUT2D eigenvalue weighted by Gasteiger charge is 2.32. The van der Waals surface area contributed by atoms with Crippen LogP contribution in [0.15, 0.2) is 9.95 Å². The van der Waals surface area contributed by atoms with Gasteiger partial charge in [-0.2, -0.15) is 0 Å². The maximum Gasteiger partial charge on any atom is 0.343 e. The summed E-state index contributed by atoms with van der Waals surface area (Å²) >= 11 is 1.53. The highest BCUT2D eigenvalue weighted by atomic mass is 32.2. The summed E-state index contributed by atoms with van der Waals surface area (Å²) in [6.07, 6.45) is 2.54. The summed E-state index contributed by atoms with van der Waals surface area (Å²) in [6.45, 7) is 4.55. The number of nitrogens with zero attached hydrogens (tertiary/aromatic N) is 2. The second-order valence-corrected chi connectivity index (χ2v) is 6.09. The number of hydrogen-bond donors (Lipinski definition) is 2. The molecule has 0 amide bonds. The molecule has 1 aromatic heterocycles. The summed E-state index contributed by atoms with van der Waals surface area (Å²) in [5.41, 5.74) is -0.837. The van der Waals surface area contributed by atoms with E-state index in [2.05, 4.69) is 15.5 Å². The number of thioether (sulfide) groups is 1. The third-order valence-corrected chi connectivity index (χ3v) is 4.46. The Hall–Kier alpha value is -1.28. The number of aromatic amines is 1. The van der Waals surface area contributed by atoms with Crippen LogP contribution in [0.3, 0.4) is 0 Å². The molecule has 0 spiro atoms. The van der Waals surface area contributed by atoms with Crippen LogP contribution in [0.1, 0.15) is 33.1 Å². The normalized spacial score (nSPS) is 13.9. The zero-order chi connectivity index (χ0) is 15.9. The first-order chi connectivity index (χ1) is 9.94. The molecule has 1 aromatic rings. The SMILES string of the molecule is CCNC(C)(CCCCSc1n[nH]c(=O)n1C)C(=O)OC. The highest BCUT2D eigenvalue weighted by Crippen LogP contribution is 2.19. The van der Waals surface area contributed by atoms with E-state index in [1.54, 1.807) is 7.05 Å². The monoisotopic (exact) mass is 316 g/mol. The van der Waals surface area contributed by atoms with Gasteiger partial charge in [-0.1, -0.05) is 25.1 Å². The smallest absolute Gasteiger partial charge is 0.343 e. The van der Waals surface area contributed by atoms with Crippen molar-refractivity contribution in [2.45, 2.75) is 43.8 Å². The van der Waals surface area contributed by atoms with Gasteiger partial charge >= 0.3 is 11.7 Å². The summed E-state index contributed by atoms with van der Waals surface area (Å²) in [4.78, 5) is 23.0. The molecule has 0 saturated heterocycles. The molecule has 0 aliphatic rings. The Balaban J connectivity index is 2.36. The number of aromatic nitrogens is 3. The van der Waals surface area contributed by atoms with Crippen LogP contribution in [0.25, 0.3) is 0 Å². The van der Waals surface area contributed by atoms with Gasteiger partial charge < -0.3 is 10.1 Å². The van der Waals surface area contributed by atoms with Crippen molar-refractivity contribution in [3.05, 3.63) is 10.5 Å². The van der Waals surface area contributed by atoms with E-state index in [0.29, 0.717) is 11.6 Å². The van der Waals surface area contributed by atoms with Crippen LogP contribution < -0.4 is 11.0 Å². The number of nitrogens with one attached hydrogen (secondary N) is 2. The Labute approximate surface area is 128 Å². The first-order valence-corrected chi connectivity index (χ1v) is 8.00. The lowest BCUT2D eigenvalue weighted by Crippen LogP contribution is -2.50. The van der Waals surface area contributed by atoms with Gasteiger partial charge in [-0.15, -0.1) is 5.10 Å². The predicted molar refractivity (Wildman–Crippen MR) is 82.5 cm³/mol. The van der Waals surface area contributed by atoms with E-state index in [0.717, 1.165) is 25.1 Å². The number of ether oxygens (including phenoxy) is 1. The minimum atomic E-state index is -0.632. The van der Waals surface area contributed by atoms with Crippen molar-refractivity contribution < 1.29 is 9.53 Å². The molecule has 2 N–H and O–H groups in total. The van der Waals surface area contributed by atoms with Gasteiger partial charge in [0.1, 0.15) is 5.54 Å². The Morgan fingerprint density at radius 2 is 2.24 bits per heavy atom. The van der Waals surface area contributed by atoms with Crippen LogP contribution in [-0.2, 0) is 16.6 Å². The van der Waals surface area contributed by atoms with Gasteiger partial charge in [-0.3, -0.25) is 9.36 Å². The molecule has 1 atom stereocenters. The number of methoxy groups -OCH3 is 1. The Bertz CT molecular complexity index is 514. The second kappa shape index (κ2) is 8.23. The lowest BCUT2D eigenvalue weighted by atomic mass is 9.95. The lowest BCUT2D eigenvalue weighted by molar-refractivity contribution is -0.148. The summed E-state index contributed by atoms with van der Waals surface area (Å²) in [7, 11) is 3.10. The van der Waals surface area contributed by atoms with Crippen LogP contribution >= 0.6 is 11.8 Å². The molecular formula is C13H24N4O3S. The van der Waals surface area contributed by atoms with Crippen molar-refractivity contribution in [3.63, 3.8) is 0 Å². The van der Waals surface area contributed by atoms with Crippen molar-refractivity contribution in [2.24, 2.45) is 7.05 Å². The molecule has 0 aromatic carbocycles. The van der Waals surface area contributed by atoms with Crippen LogP contribution in [0, 0.1) is 0 Å². The standard InChI is InChI=1S/C13H24N4O3S/c1-5-14-13(2,10(18)20-4)8-6-7-9-21-12-16-15-11(19)17(12)3/h14H,5-9H2,1-4H3,(H,15,19). The minimum Gasteiger partial charge on any atom is -0.468 e. The quantitative estimate of drug-likeness (QED) is 0.400. The molecule has 0 fully saturated rings. The molecule has 1 unspecified atom stereocenters. The van der Waals surface area contributed by atoms with Crippen molar-refractivity contribution in [1.82, 2.24) is 20.1 Å². The third kappa shape index (κ3) is 4.89. The summed E-state index contributed by atoms with van der Waals surface area (Å²) in [6, 6.07) is 0. The minimum absolute atomic E-state index is 0.206. The van der Waals surface area contributed by atoms with E-state index in [4.69, 9.17) is 4.74 Å². The van der Waals surface area contributed by atoms with Crippen molar-refractivity contribution in [3.8, 4) is 0 Å². The molecular weight excluding hydrogens is 292 g/mol. The molecule has 0 bridgehead atoms. The first-order valence-electron chi connectivity index (χ1n) is 7.02. The van der Waals surface area contributed by atoms with Gasteiger partial charge in [0.25, 0.3) is 0 Å². The lowest BCUT2D eigenvalue weighted by Gasteiger charge is -2.27. The number of hydrogen-bond acceptors (Lipinski definition) is 6. The van der Waals surface area contributed by atoms with E-state index >= 15 is 0 Å². The van der Waals surface area contributed by atoms with Crippen LogP contribution in [0.4, 0.5) is 0 Å². The summed E-state index contributed by atoms with van der Waals surface area (Å²) < 4.78 is 6.34. The Kier molecular flexibility index (Phi) is 6.97. The first kappa shape index (κ1) is 17.8. The summed E-state index contributed by atoms with van der Waals surface area (Å²) in [5.74, 6) is 0.619. The fourth-order valence-electron chi connectivity index (χ4n) is 2.08. The zero-order valence-electron chi connectivity index (χ0n) is 13.1. The third-order valence-electron chi connectivity index (χ3n) is 3.34. The number of likely N-dealkylation sites (N-methyl/N-ethyl adjacent to an activating group) is 1. The number of rotatable bonds is 9. The van der Waals surface area contributed by atoms with E-state index in [-0.39, 0.29) is 11.7 Å². The fraction of sp³-hybridized carbons (Fsp3) is 0.769. The van der Waals surface area contributed by atoms with Crippen molar-refractivity contribution >= 4 is 17.7 Å². The van der Waals surface area contributed by atoms with Gasteiger partial charge in [-0.25, -0.2) is 9.89 Å². The van der Waals surface area contributed by atoms with Crippen LogP contribution in [0.5, 0.6) is 0 Å². The van der Waals surface area contributed by atoms with Gasteiger partial charge in [0.05, 0.1) is 7.11 Å². The van der Waals surface area contributed by atoms with Crippen molar-refractivity contribution in [2.75, 3.05) is 19.4 Å². The van der Waals surface area contributed by atoms with E-state index in [1.807, 2.05) is 13.8 Å².